The SMILES string of the molecule is CC(Cl)c1nc2c(F)cc(F)cc2n1C(C)C1CCOC1. The Kier molecular flexibility index (Phi) is 3.88. The highest BCUT2D eigenvalue weighted by molar-refractivity contribution is 6.20. The van der Waals surface area contributed by atoms with Crippen molar-refractivity contribution >= 4 is 22.6 Å². The number of benzene rings is 1. The van der Waals surface area contributed by atoms with Crippen LogP contribution in [0.3, 0.4) is 0 Å². The number of hydrogen-bond donors (Lipinski definition) is 0. The lowest BCUT2D eigenvalue weighted by molar-refractivity contribution is 0.175. The molecule has 0 radical (unpaired) electrons. The lowest BCUT2D eigenvalue weighted by Crippen LogP contribution is -2.19. The molecular formula is C15H17ClF2N2O. The van der Waals surface area contributed by atoms with E-state index in [4.69, 9.17) is 16.3 Å². The number of ether oxygens (including phenoxy) is 1. The minimum absolute atomic E-state index is 0.0231. The summed E-state index contributed by atoms with van der Waals surface area (Å²) >= 11 is 6.19. The first-order valence-corrected chi connectivity index (χ1v) is 7.51. The maximum atomic E-state index is 14.0. The molecule has 3 atom stereocenters. The molecule has 1 aromatic carbocycles. The summed E-state index contributed by atoms with van der Waals surface area (Å²) in [5.41, 5.74) is 0.624. The first-order chi connectivity index (χ1) is 9.99. The van der Waals surface area contributed by atoms with Crippen LogP contribution in [0.5, 0.6) is 0 Å². The summed E-state index contributed by atoms with van der Waals surface area (Å²) in [6.07, 6.45) is 0.925. The molecule has 3 rings (SSSR count). The molecule has 1 aliphatic rings. The summed E-state index contributed by atoms with van der Waals surface area (Å²) in [6.45, 7) is 5.17. The third kappa shape index (κ3) is 2.53. The second-order valence-electron chi connectivity index (χ2n) is 5.58. The summed E-state index contributed by atoms with van der Waals surface area (Å²) in [4.78, 5) is 4.29. The summed E-state index contributed by atoms with van der Waals surface area (Å²) in [5.74, 6) is -0.402. The molecule has 114 valence electrons. The van der Waals surface area contributed by atoms with Crippen LogP contribution in [0.25, 0.3) is 11.0 Å². The molecule has 3 nitrogen and oxygen atoms in total. The summed E-state index contributed by atoms with van der Waals surface area (Å²) in [7, 11) is 0. The topological polar surface area (TPSA) is 27.1 Å². The van der Waals surface area contributed by atoms with Gasteiger partial charge in [-0.1, -0.05) is 0 Å². The van der Waals surface area contributed by atoms with Gasteiger partial charge in [0.1, 0.15) is 17.2 Å². The zero-order valence-electron chi connectivity index (χ0n) is 11.9. The standard InChI is InChI=1S/C15H17ClF2N2O/c1-8(16)15-19-14-12(18)5-11(17)6-13(14)20(15)9(2)10-3-4-21-7-10/h5-6,8-10H,3-4,7H2,1-2H3. The molecule has 21 heavy (non-hydrogen) atoms. The molecule has 3 unspecified atom stereocenters. The smallest absolute Gasteiger partial charge is 0.153 e. The second-order valence-corrected chi connectivity index (χ2v) is 6.23. The van der Waals surface area contributed by atoms with Gasteiger partial charge in [-0.15, -0.1) is 11.6 Å². The Morgan fingerprint density at radius 1 is 1.38 bits per heavy atom. The van der Waals surface area contributed by atoms with Crippen molar-refractivity contribution in [2.45, 2.75) is 31.7 Å². The van der Waals surface area contributed by atoms with Crippen LogP contribution in [0.4, 0.5) is 8.78 Å². The minimum atomic E-state index is -0.655. The molecule has 0 spiro atoms. The average molecular weight is 315 g/mol. The fourth-order valence-electron chi connectivity index (χ4n) is 2.99. The van der Waals surface area contributed by atoms with Crippen molar-refractivity contribution in [1.29, 1.82) is 0 Å². The van der Waals surface area contributed by atoms with Crippen molar-refractivity contribution in [2.75, 3.05) is 13.2 Å². The van der Waals surface area contributed by atoms with Crippen molar-refractivity contribution in [2.24, 2.45) is 5.92 Å². The van der Waals surface area contributed by atoms with Crippen molar-refractivity contribution in [3.8, 4) is 0 Å². The van der Waals surface area contributed by atoms with E-state index in [0.717, 1.165) is 19.1 Å². The van der Waals surface area contributed by atoms with Crippen molar-refractivity contribution in [3.63, 3.8) is 0 Å². The van der Waals surface area contributed by atoms with Gasteiger partial charge in [0, 0.05) is 24.6 Å². The van der Waals surface area contributed by atoms with Gasteiger partial charge in [0.25, 0.3) is 0 Å². The molecule has 0 amide bonds. The normalized spacial score (nSPS) is 21.9. The summed E-state index contributed by atoms with van der Waals surface area (Å²) in [5, 5.41) is -0.385. The van der Waals surface area contributed by atoms with Gasteiger partial charge in [0.05, 0.1) is 17.5 Å². The fraction of sp³-hybridized carbons (Fsp3) is 0.533. The third-order valence-electron chi connectivity index (χ3n) is 4.15. The van der Waals surface area contributed by atoms with Crippen LogP contribution in [-0.4, -0.2) is 22.8 Å². The van der Waals surface area contributed by atoms with Crippen molar-refractivity contribution in [3.05, 3.63) is 29.6 Å². The molecular weight excluding hydrogens is 298 g/mol. The molecule has 0 bridgehead atoms. The van der Waals surface area contributed by atoms with Crippen LogP contribution in [0.15, 0.2) is 12.1 Å². The van der Waals surface area contributed by atoms with Gasteiger partial charge in [-0.2, -0.15) is 0 Å². The predicted octanol–water partition coefficient (Wildman–Crippen LogP) is 4.21. The van der Waals surface area contributed by atoms with Crippen LogP contribution in [0.1, 0.15) is 37.5 Å². The summed E-state index contributed by atoms with van der Waals surface area (Å²) in [6, 6.07) is 2.20. The number of nitrogens with zero attached hydrogens (tertiary/aromatic N) is 2. The molecule has 2 heterocycles. The fourth-order valence-corrected chi connectivity index (χ4v) is 3.15. The molecule has 1 aromatic heterocycles. The van der Waals surface area contributed by atoms with Gasteiger partial charge in [-0.05, 0) is 26.3 Å². The molecule has 1 aliphatic heterocycles. The maximum absolute atomic E-state index is 14.0. The first-order valence-electron chi connectivity index (χ1n) is 7.07. The van der Waals surface area contributed by atoms with Crippen LogP contribution in [0, 0.1) is 17.6 Å². The van der Waals surface area contributed by atoms with E-state index in [1.54, 1.807) is 6.92 Å². The molecule has 1 saturated heterocycles. The van der Waals surface area contributed by atoms with Gasteiger partial charge in [0.2, 0.25) is 0 Å². The number of fused-ring (bicyclic) bond motifs is 1. The number of halogens is 3. The van der Waals surface area contributed by atoms with Gasteiger partial charge < -0.3 is 9.30 Å². The molecule has 6 heteroatoms. The number of rotatable bonds is 3. The van der Waals surface area contributed by atoms with Crippen LogP contribution in [0.2, 0.25) is 0 Å². The van der Waals surface area contributed by atoms with Crippen molar-refractivity contribution in [1.82, 2.24) is 9.55 Å². The highest BCUT2D eigenvalue weighted by atomic mass is 35.5. The molecule has 0 aliphatic carbocycles. The number of imidazole rings is 1. The lowest BCUT2D eigenvalue weighted by Gasteiger charge is -2.23. The molecule has 1 fully saturated rings. The second kappa shape index (κ2) is 5.54. The third-order valence-corrected chi connectivity index (χ3v) is 4.35. The van der Waals surface area contributed by atoms with E-state index in [2.05, 4.69) is 4.98 Å². The van der Waals surface area contributed by atoms with Crippen molar-refractivity contribution < 1.29 is 13.5 Å². The van der Waals surface area contributed by atoms with Gasteiger partial charge in [-0.3, -0.25) is 0 Å². The van der Waals surface area contributed by atoms with Crippen LogP contribution >= 0.6 is 11.6 Å². The monoisotopic (exact) mass is 314 g/mol. The molecule has 2 aromatic rings. The first kappa shape index (κ1) is 14.7. The largest absolute Gasteiger partial charge is 0.381 e. The van der Waals surface area contributed by atoms with E-state index in [-0.39, 0.29) is 16.9 Å². The minimum Gasteiger partial charge on any atom is -0.381 e. The Bertz CT molecular complexity index is 665. The molecule has 0 N–H and O–H groups in total. The highest BCUT2D eigenvalue weighted by Crippen LogP contribution is 2.34. The highest BCUT2D eigenvalue weighted by Gasteiger charge is 2.29. The van der Waals surface area contributed by atoms with E-state index in [9.17, 15) is 8.78 Å². The van der Waals surface area contributed by atoms with E-state index in [0.29, 0.717) is 23.9 Å². The Labute approximate surface area is 126 Å². The summed E-state index contributed by atoms with van der Waals surface area (Å²) < 4.78 is 34.8. The zero-order chi connectivity index (χ0) is 15.1. The maximum Gasteiger partial charge on any atom is 0.153 e. The average Bonchev–Trinajstić information content (AvgIpc) is 3.04. The number of alkyl halides is 1. The zero-order valence-corrected chi connectivity index (χ0v) is 12.7. The van der Waals surface area contributed by atoms with E-state index in [1.165, 1.54) is 6.07 Å². The van der Waals surface area contributed by atoms with E-state index >= 15 is 0 Å². The Balaban J connectivity index is 2.20. The Morgan fingerprint density at radius 2 is 2.14 bits per heavy atom. The number of hydrogen-bond acceptors (Lipinski definition) is 2. The van der Waals surface area contributed by atoms with E-state index < -0.39 is 11.6 Å². The van der Waals surface area contributed by atoms with E-state index in [1.807, 2.05) is 11.5 Å². The quantitative estimate of drug-likeness (QED) is 0.793. The molecule has 0 saturated carbocycles. The Morgan fingerprint density at radius 3 is 2.76 bits per heavy atom. The van der Waals surface area contributed by atoms with Crippen LogP contribution in [-0.2, 0) is 4.74 Å². The van der Waals surface area contributed by atoms with Gasteiger partial charge >= 0.3 is 0 Å². The number of aromatic nitrogens is 2. The van der Waals surface area contributed by atoms with Gasteiger partial charge in [-0.25, -0.2) is 13.8 Å². The van der Waals surface area contributed by atoms with Crippen LogP contribution < -0.4 is 0 Å². The predicted molar refractivity (Wildman–Crippen MR) is 77.6 cm³/mol. The van der Waals surface area contributed by atoms with Gasteiger partial charge in [0.15, 0.2) is 5.82 Å². The Hall–Kier alpha value is -1.20. The lowest BCUT2D eigenvalue weighted by atomic mass is 10.00.